The molecule has 5 heteroatoms. The molecule has 2 N–H and O–H groups in total. The van der Waals surface area contributed by atoms with E-state index < -0.39 is 12.0 Å². The number of aliphatic carboxylic acids is 1. The Hall–Kier alpha value is -1.10. The largest absolute Gasteiger partial charge is 0.480 e. The second kappa shape index (κ2) is 5.12. The number of carbonyl (C=O) groups excluding carboxylic acids is 1. The Labute approximate surface area is 114 Å². The molecule has 19 heavy (non-hydrogen) atoms. The van der Waals surface area contributed by atoms with Gasteiger partial charge in [0, 0.05) is 12.6 Å². The number of hydrogen-bond acceptors (Lipinski definition) is 3. The van der Waals surface area contributed by atoms with Crippen molar-refractivity contribution in [1.29, 1.82) is 0 Å². The summed E-state index contributed by atoms with van der Waals surface area (Å²) in [5.41, 5.74) is -0.352. The molecule has 0 spiro atoms. The number of rotatable bonds is 2. The Kier molecular flexibility index (Phi) is 3.85. The number of carbonyl (C=O) groups is 2. The maximum Gasteiger partial charge on any atom is 0.326 e. The molecule has 0 aromatic carbocycles. The van der Waals surface area contributed by atoms with Crippen molar-refractivity contribution in [3.63, 3.8) is 0 Å². The van der Waals surface area contributed by atoms with Gasteiger partial charge in [-0.15, -0.1) is 0 Å². The van der Waals surface area contributed by atoms with Gasteiger partial charge in [-0.25, -0.2) is 4.79 Å². The van der Waals surface area contributed by atoms with Crippen LogP contribution >= 0.6 is 0 Å². The van der Waals surface area contributed by atoms with Gasteiger partial charge in [0.05, 0.1) is 5.92 Å². The molecule has 3 unspecified atom stereocenters. The van der Waals surface area contributed by atoms with E-state index in [4.69, 9.17) is 0 Å². The number of hydrogen-bond donors (Lipinski definition) is 2. The third kappa shape index (κ3) is 2.61. The summed E-state index contributed by atoms with van der Waals surface area (Å²) >= 11 is 0. The van der Waals surface area contributed by atoms with E-state index in [1.54, 1.807) is 4.90 Å². The monoisotopic (exact) mass is 268 g/mol. The Balaban J connectivity index is 2.21. The molecule has 1 amide bonds. The van der Waals surface area contributed by atoms with Gasteiger partial charge in [-0.1, -0.05) is 13.8 Å². The summed E-state index contributed by atoms with van der Waals surface area (Å²) in [7, 11) is 0. The van der Waals surface area contributed by atoms with E-state index >= 15 is 0 Å². The SMILES string of the molecule is CC1NCCC1C(=O)N1CCCC(C)(C)C1C(=O)O. The van der Waals surface area contributed by atoms with Crippen LogP contribution in [0.1, 0.15) is 40.0 Å². The third-order valence-corrected chi connectivity index (χ3v) is 4.63. The smallest absolute Gasteiger partial charge is 0.326 e. The molecule has 2 heterocycles. The molecule has 0 radical (unpaired) electrons. The average molecular weight is 268 g/mol. The van der Waals surface area contributed by atoms with Crippen LogP contribution < -0.4 is 5.32 Å². The van der Waals surface area contributed by atoms with Crippen LogP contribution in [0.4, 0.5) is 0 Å². The molecule has 108 valence electrons. The van der Waals surface area contributed by atoms with Crippen molar-refractivity contribution in [3.05, 3.63) is 0 Å². The van der Waals surface area contributed by atoms with Gasteiger partial charge in [0.1, 0.15) is 6.04 Å². The van der Waals surface area contributed by atoms with Gasteiger partial charge in [-0.3, -0.25) is 4.79 Å². The summed E-state index contributed by atoms with van der Waals surface area (Å²) in [6, 6.07) is -0.548. The molecule has 5 nitrogen and oxygen atoms in total. The molecule has 0 saturated carbocycles. The number of nitrogens with zero attached hydrogens (tertiary/aromatic N) is 1. The van der Waals surface area contributed by atoms with Crippen LogP contribution in [0.3, 0.4) is 0 Å². The Morgan fingerprint density at radius 2 is 2.05 bits per heavy atom. The summed E-state index contributed by atoms with van der Waals surface area (Å²) in [5.74, 6) is -0.940. The standard InChI is InChI=1S/C14H24N2O3/c1-9-10(5-7-15-9)12(17)16-8-4-6-14(2,3)11(16)13(18)19/h9-11,15H,4-8H2,1-3H3,(H,18,19). The quantitative estimate of drug-likeness (QED) is 0.786. The highest BCUT2D eigenvalue weighted by Crippen LogP contribution is 2.36. The van der Waals surface area contributed by atoms with E-state index in [2.05, 4.69) is 5.32 Å². The average Bonchev–Trinajstić information content (AvgIpc) is 2.72. The van der Waals surface area contributed by atoms with Gasteiger partial charge < -0.3 is 15.3 Å². The van der Waals surface area contributed by atoms with Crippen molar-refractivity contribution in [1.82, 2.24) is 10.2 Å². The van der Waals surface area contributed by atoms with Crippen LogP contribution in [-0.2, 0) is 9.59 Å². The van der Waals surface area contributed by atoms with Crippen LogP contribution in [0.2, 0.25) is 0 Å². The number of carboxylic acids is 1. The summed E-state index contributed by atoms with van der Waals surface area (Å²) in [5, 5.41) is 12.8. The van der Waals surface area contributed by atoms with Gasteiger partial charge in [-0.05, 0) is 38.1 Å². The summed E-state index contributed by atoms with van der Waals surface area (Å²) in [4.78, 5) is 25.8. The second-order valence-corrected chi connectivity index (χ2v) is 6.50. The molecule has 2 aliphatic rings. The van der Waals surface area contributed by atoms with E-state index in [1.807, 2.05) is 20.8 Å². The molecule has 3 atom stereocenters. The van der Waals surface area contributed by atoms with Crippen molar-refractivity contribution in [2.45, 2.75) is 52.1 Å². The minimum Gasteiger partial charge on any atom is -0.480 e. The molecule has 2 fully saturated rings. The fraction of sp³-hybridized carbons (Fsp3) is 0.857. The first kappa shape index (κ1) is 14.3. The van der Waals surface area contributed by atoms with E-state index in [1.165, 1.54) is 0 Å². The fourth-order valence-corrected chi connectivity index (χ4v) is 3.51. The number of likely N-dealkylation sites (tertiary alicyclic amines) is 1. The van der Waals surface area contributed by atoms with Gasteiger partial charge in [0.15, 0.2) is 0 Å². The van der Waals surface area contributed by atoms with Gasteiger partial charge in [-0.2, -0.15) is 0 Å². The highest BCUT2D eigenvalue weighted by atomic mass is 16.4. The van der Waals surface area contributed by atoms with Crippen LogP contribution in [0.5, 0.6) is 0 Å². The maximum absolute atomic E-state index is 12.6. The summed E-state index contributed by atoms with van der Waals surface area (Å²) < 4.78 is 0. The van der Waals surface area contributed by atoms with E-state index in [0.717, 1.165) is 25.8 Å². The Morgan fingerprint density at radius 1 is 1.37 bits per heavy atom. The lowest BCUT2D eigenvalue weighted by atomic mass is 9.76. The molecule has 0 aromatic rings. The predicted octanol–water partition coefficient (Wildman–Crippen LogP) is 1.09. The Bertz CT molecular complexity index is 381. The van der Waals surface area contributed by atoms with Crippen LogP contribution in [0, 0.1) is 11.3 Å². The third-order valence-electron chi connectivity index (χ3n) is 4.63. The molecule has 0 bridgehead atoms. The van der Waals surface area contributed by atoms with E-state index in [-0.39, 0.29) is 23.3 Å². The molecular weight excluding hydrogens is 244 g/mol. The van der Waals surface area contributed by atoms with Crippen LogP contribution in [0.25, 0.3) is 0 Å². The number of carboxylic acid groups (broad SMARTS) is 1. The van der Waals surface area contributed by atoms with Crippen molar-refractivity contribution < 1.29 is 14.7 Å². The predicted molar refractivity (Wildman–Crippen MR) is 71.7 cm³/mol. The summed E-state index contributed by atoms with van der Waals surface area (Å²) in [6.07, 6.45) is 2.55. The lowest BCUT2D eigenvalue weighted by Crippen LogP contribution is -2.58. The first-order valence-corrected chi connectivity index (χ1v) is 7.11. The Morgan fingerprint density at radius 3 is 2.58 bits per heavy atom. The molecule has 0 aliphatic carbocycles. The normalized spacial score (nSPS) is 34.3. The fourth-order valence-electron chi connectivity index (χ4n) is 3.51. The highest BCUT2D eigenvalue weighted by Gasteiger charge is 2.46. The maximum atomic E-state index is 12.6. The number of nitrogens with one attached hydrogen (secondary N) is 1. The lowest BCUT2D eigenvalue weighted by Gasteiger charge is -2.45. The van der Waals surface area contributed by atoms with Gasteiger partial charge in [0.25, 0.3) is 0 Å². The zero-order valence-electron chi connectivity index (χ0n) is 12.0. The first-order chi connectivity index (χ1) is 8.84. The first-order valence-electron chi connectivity index (χ1n) is 7.11. The molecule has 2 aliphatic heterocycles. The van der Waals surface area contributed by atoms with Crippen LogP contribution in [0.15, 0.2) is 0 Å². The lowest BCUT2D eigenvalue weighted by molar-refractivity contribution is -0.160. The van der Waals surface area contributed by atoms with E-state index in [9.17, 15) is 14.7 Å². The van der Waals surface area contributed by atoms with Gasteiger partial charge >= 0.3 is 5.97 Å². The van der Waals surface area contributed by atoms with Crippen LogP contribution in [-0.4, -0.2) is 47.1 Å². The zero-order chi connectivity index (χ0) is 14.2. The van der Waals surface area contributed by atoms with Crippen molar-refractivity contribution in [2.24, 2.45) is 11.3 Å². The molecular formula is C14H24N2O3. The van der Waals surface area contributed by atoms with E-state index in [0.29, 0.717) is 6.54 Å². The summed E-state index contributed by atoms with van der Waals surface area (Å²) in [6.45, 7) is 7.30. The second-order valence-electron chi connectivity index (χ2n) is 6.50. The van der Waals surface area contributed by atoms with Crippen molar-refractivity contribution in [2.75, 3.05) is 13.1 Å². The molecule has 0 aromatic heterocycles. The molecule has 2 saturated heterocycles. The minimum atomic E-state index is -0.878. The molecule has 2 rings (SSSR count). The highest BCUT2D eigenvalue weighted by molar-refractivity contribution is 5.86. The zero-order valence-corrected chi connectivity index (χ0v) is 12.0. The van der Waals surface area contributed by atoms with Crippen molar-refractivity contribution >= 4 is 11.9 Å². The number of amides is 1. The van der Waals surface area contributed by atoms with Crippen molar-refractivity contribution in [3.8, 4) is 0 Å². The topological polar surface area (TPSA) is 69.6 Å². The number of piperidine rings is 1. The van der Waals surface area contributed by atoms with Gasteiger partial charge in [0.2, 0.25) is 5.91 Å². The minimum absolute atomic E-state index is 0.0117.